The molecule has 0 spiro atoms. The molecule has 0 radical (unpaired) electrons. The maximum absolute atomic E-state index is 13.9. The summed E-state index contributed by atoms with van der Waals surface area (Å²) in [6, 6.07) is 8.33. The Morgan fingerprint density at radius 3 is 2.58 bits per heavy atom. The van der Waals surface area contributed by atoms with E-state index in [1.807, 2.05) is 0 Å². The molecule has 0 saturated heterocycles. The highest BCUT2D eigenvalue weighted by atomic mass is 79.9. The van der Waals surface area contributed by atoms with Crippen molar-refractivity contribution >= 4 is 15.9 Å². The van der Waals surface area contributed by atoms with Crippen molar-refractivity contribution in [2.45, 2.75) is 6.10 Å². The lowest BCUT2D eigenvalue weighted by molar-refractivity contribution is 0.209. The number of aliphatic hydroxyl groups is 1. The van der Waals surface area contributed by atoms with Gasteiger partial charge in [-0.15, -0.1) is 0 Å². The molecule has 0 heterocycles. The average Bonchev–Trinajstić information content (AvgIpc) is 2.41. The minimum absolute atomic E-state index is 0.0966. The molecule has 5 heteroatoms. The van der Waals surface area contributed by atoms with Crippen LogP contribution in [0.15, 0.2) is 40.9 Å². The van der Waals surface area contributed by atoms with Crippen molar-refractivity contribution in [3.8, 4) is 5.75 Å². The van der Waals surface area contributed by atoms with Crippen LogP contribution in [-0.4, -0.2) is 12.2 Å². The molecule has 19 heavy (non-hydrogen) atoms. The second kappa shape index (κ2) is 5.67. The first-order valence-corrected chi connectivity index (χ1v) is 6.29. The van der Waals surface area contributed by atoms with Gasteiger partial charge in [0.25, 0.3) is 0 Å². The van der Waals surface area contributed by atoms with E-state index in [-0.39, 0.29) is 15.8 Å². The molecule has 2 nitrogen and oxygen atoms in total. The van der Waals surface area contributed by atoms with Gasteiger partial charge in [-0.2, -0.15) is 0 Å². The monoisotopic (exact) mass is 328 g/mol. The molecule has 0 aliphatic carbocycles. The van der Waals surface area contributed by atoms with Gasteiger partial charge in [-0.3, -0.25) is 0 Å². The summed E-state index contributed by atoms with van der Waals surface area (Å²) in [6.45, 7) is 0. The summed E-state index contributed by atoms with van der Waals surface area (Å²) in [6.07, 6.45) is -1.23. The molecule has 1 N–H and O–H groups in total. The molecule has 2 aromatic carbocycles. The fourth-order valence-electron chi connectivity index (χ4n) is 1.81. The Morgan fingerprint density at radius 1 is 1.16 bits per heavy atom. The normalized spacial score (nSPS) is 12.3. The number of aliphatic hydroxyl groups excluding tert-OH is 1. The Hall–Kier alpha value is -1.46. The fraction of sp³-hybridized carbons (Fsp3) is 0.143. The molecule has 1 atom stereocenters. The second-order valence-corrected chi connectivity index (χ2v) is 4.79. The van der Waals surface area contributed by atoms with E-state index in [9.17, 15) is 13.9 Å². The van der Waals surface area contributed by atoms with Crippen molar-refractivity contribution in [1.82, 2.24) is 0 Å². The number of hydrogen-bond acceptors (Lipinski definition) is 2. The third-order valence-corrected chi connectivity index (χ3v) is 3.38. The molecule has 0 bridgehead atoms. The maximum Gasteiger partial charge on any atom is 0.143 e. The first kappa shape index (κ1) is 14.0. The molecule has 2 rings (SSSR count). The zero-order valence-corrected chi connectivity index (χ0v) is 11.6. The van der Waals surface area contributed by atoms with Gasteiger partial charge in [0.05, 0.1) is 11.6 Å². The number of benzene rings is 2. The van der Waals surface area contributed by atoms with Crippen LogP contribution in [0, 0.1) is 11.6 Å². The summed E-state index contributed by atoms with van der Waals surface area (Å²) in [5.41, 5.74) is 0.403. The van der Waals surface area contributed by atoms with E-state index in [0.29, 0.717) is 5.56 Å². The SMILES string of the molecule is COc1cc(F)ccc1C(O)c1cccc(Br)c1F. The van der Waals surface area contributed by atoms with Crippen LogP contribution in [0.1, 0.15) is 17.2 Å². The van der Waals surface area contributed by atoms with E-state index in [2.05, 4.69) is 15.9 Å². The highest BCUT2D eigenvalue weighted by Crippen LogP contribution is 2.33. The molecule has 0 saturated carbocycles. The smallest absolute Gasteiger partial charge is 0.143 e. The summed E-state index contributed by atoms with van der Waals surface area (Å²) in [5.74, 6) is -0.865. The molecule has 0 aliphatic heterocycles. The molecule has 2 aromatic rings. The minimum atomic E-state index is -1.23. The first-order chi connectivity index (χ1) is 9.04. The third kappa shape index (κ3) is 2.77. The number of methoxy groups -OCH3 is 1. The molecule has 1 unspecified atom stereocenters. The van der Waals surface area contributed by atoms with Gasteiger partial charge >= 0.3 is 0 Å². The Labute approximate surface area is 117 Å². The molecular weight excluding hydrogens is 318 g/mol. The lowest BCUT2D eigenvalue weighted by atomic mass is 10.00. The average molecular weight is 329 g/mol. The van der Waals surface area contributed by atoms with Crippen molar-refractivity contribution in [2.75, 3.05) is 7.11 Å². The molecule has 0 aliphatic rings. The predicted octanol–water partition coefficient (Wildman–Crippen LogP) is 3.82. The fourth-order valence-corrected chi connectivity index (χ4v) is 2.19. The van der Waals surface area contributed by atoms with Crippen molar-refractivity contribution in [3.05, 3.63) is 63.6 Å². The van der Waals surface area contributed by atoms with Crippen LogP contribution in [0.5, 0.6) is 5.75 Å². The van der Waals surface area contributed by atoms with Crippen LogP contribution in [0.4, 0.5) is 8.78 Å². The standard InChI is InChI=1S/C14H11BrF2O2/c1-19-12-7-8(16)5-6-9(12)14(18)10-3-2-4-11(15)13(10)17/h2-7,14,18H,1H3. The van der Waals surface area contributed by atoms with Gasteiger partial charge in [-0.1, -0.05) is 12.1 Å². The summed E-state index contributed by atoms with van der Waals surface area (Å²) >= 11 is 3.06. The Balaban J connectivity index is 2.49. The van der Waals surface area contributed by atoms with Crippen molar-refractivity contribution in [1.29, 1.82) is 0 Å². The second-order valence-electron chi connectivity index (χ2n) is 3.93. The van der Waals surface area contributed by atoms with Crippen LogP contribution >= 0.6 is 15.9 Å². The van der Waals surface area contributed by atoms with E-state index < -0.39 is 17.7 Å². The summed E-state index contributed by atoms with van der Waals surface area (Å²) < 4.78 is 32.3. The van der Waals surface area contributed by atoms with Crippen LogP contribution in [-0.2, 0) is 0 Å². The van der Waals surface area contributed by atoms with Crippen LogP contribution in [0.25, 0.3) is 0 Å². The summed E-state index contributed by atoms with van der Waals surface area (Å²) in [7, 11) is 1.36. The maximum atomic E-state index is 13.9. The first-order valence-electron chi connectivity index (χ1n) is 5.50. The topological polar surface area (TPSA) is 29.5 Å². The summed E-state index contributed by atoms with van der Waals surface area (Å²) in [5, 5.41) is 10.2. The highest BCUT2D eigenvalue weighted by Gasteiger charge is 2.20. The van der Waals surface area contributed by atoms with Gasteiger partial charge in [0.15, 0.2) is 0 Å². The molecule has 0 aromatic heterocycles. The van der Waals surface area contributed by atoms with Gasteiger partial charge in [0.1, 0.15) is 23.5 Å². The highest BCUT2D eigenvalue weighted by molar-refractivity contribution is 9.10. The van der Waals surface area contributed by atoms with E-state index in [1.165, 1.54) is 31.4 Å². The number of halogens is 3. The number of rotatable bonds is 3. The Morgan fingerprint density at radius 2 is 1.89 bits per heavy atom. The van der Waals surface area contributed by atoms with E-state index >= 15 is 0 Å². The lowest BCUT2D eigenvalue weighted by Crippen LogP contribution is -2.05. The van der Waals surface area contributed by atoms with Crippen LogP contribution in [0.2, 0.25) is 0 Å². The zero-order chi connectivity index (χ0) is 14.0. The zero-order valence-electron chi connectivity index (χ0n) is 10.0. The van der Waals surface area contributed by atoms with Gasteiger partial charge in [0.2, 0.25) is 0 Å². The van der Waals surface area contributed by atoms with E-state index in [0.717, 1.165) is 6.07 Å². The Bertz CT molecular complexity index is 602. The van der Waals surface area contributed by atoms with Crippen LogP contribution in [0.3, 0.4) is 0 Å². The largest absolute Gasteiger partial charge is 0.496 e. The van der Waals surface area contributed by atoms with Gasteiger partial charge < -0.3 is 9.84 Å². The molecule has 0 amide bonds. The van der Waals surface area contributed by atoms with Gasteiger partial charge in [0, 0.05) is 17.2 Å². The van der Waals surface area contributed by atoms with Gasteiger partial charge in [-0.05, 0) is 34.1 Å². The van der Waals surface area contributed by atoms with Crippen LogP contribution < -0.4 is 4.74 Å². The van der Waals surface area contributed by atoms with Crippen molar-refractivity contribution < 1.29 is 18.6 Å². The van der Waals surface area contributed by atoms with E-state index in [4.69, 9.17) is 4.74 Å². The molecular formula is C14H11BrF2O2. The molecule has 0 fully saturated rings. The van der Waals surface area contributed by atoms with Crippen molar-refractivity contribution in [2.24, 2.45) is 0 Å². The third-order valence-electron chi connectivity index (χ3n) is 2.77. The molecule has 100 valence electrons. The quantitative estimate of drug-likeness (QED) is 0.928. The minimum Gasteiger partial charge on any atom is -0.496 e. The number of ether oxygens (including phenoxy) is 1. The van der Waals surface area contributed by atoms with Gasteiger partial charge in [-0.25, -0.2) is 8.78 Å². The van der Waals surface area contributed by atoms with E-state index in [1.54, 1.807) is 6.07 Å². The predicted molar refractivity (Wildman–Crippen MR) is 71.1 cm³/mol. The van der Waals surface area contributed by atoms with Crippen molar-refractivity contribution in [3.63, 3.8) is 0 Å². The Kier molecular flexibility index (Phi) is 4.17. The number of hydrogen-bond donors (Lipinski definition) is 1. The lowest BCUT2D eigenvalue weighted by Gasteiger charge is -2.16. The summed E-state index contributed by atoms with van der Waals surface area (Å²) in [4.78, 5) is 0.